The van der Waals surface area contributed by atoms with Crippen LogP contribution in [0.2, 0.25) is 0 Å². The van der Waals surface area contributed by atoms with Crippen molar-refractivity contribution in [3.63, 3.8) is 0 Å². The van der Waals surface area contributed by atoms with E-state index in [1.54, 1.807) is 6.92 Å². The predicted octanol–water partition coefficient (Wildman–Crippen LogP) is 1.85. The highest BCUT2D eigenvalue weighted by molar-refractivity contribution is 5.86. The number of fused-ring (bicyclic) bond motifs is 1. The Balaban J connectivity index is 2.16. The highest BCUT2D eigenvalue weighted by Crippen LogP contribution is 2.23. The number of esters is 1. The lowest BCUT2D eigenvalue weighted by molar-refractivity contribution is -0.143. The van der Waals surface area contributed by atoms with Crippen LogP contribution in [0.3, 0.4) is 0 Å². The first-order valence-corrected chi connectivity index (χ1v) is 8.57. The molecule has 0 unspecified atom stereocenters. The third kappa shape index (κ3) is 3.76. The first kappa shape index (κ1) is 18.4. The van der Waals surface area contributed by atoms with Gasteiger partial charge in [0.15, 0.2) is 0 Å². The van der Waals surface area contributed by atoms with Gasteiger partial charge in [-0.3, -0.25) is 19.1 Å². The fourth-order valence-corrected chi connectivity index (χ4v) is 3.11. The van der Waals surface area contributed by atoms with Crippen molar-refractivity contribution in [3.05, 3.63) is 74.6 Å². The summed E-state index contributed by atoms with van der Waals surface area (Å²) in [4.78, 5) is 38.7. The molecule has 0 aliphatic carbocycles. The Morgan fingerprint density at radius 1 is 1.11 bits per heavy atom. The van der Waals surface area contributed by atoms with E-state index in [1.807, 2.05) is 42.5 Å². The Bertz CT molecular complexity index is 1090. The molecule has 1 heterocycles. The predicted molar refractivity (Wildman–Crippen MR) is 101 cm³/mol. The van der Waals surface area contributed by atoms with Gasteiger partial charge in [-0.1, -0.05) is 42.5 Å². The van der Waals surface area contributed by atoms with Crippen molar-refractivity contribution in [1.29, 1.82) is 0 Å². The average molecular weight is 368 g/mol. The summed E-state index contributed by atoms with van der Waals surface area (Å²) in [5.41, 5.74) is -0.0633. The van der Waals surface area contributed by atoms with Gasteiger partial charge in [0.25, 0.3) is 5.56 Å². The van der Waals surface area contributed by atoms with Crippen LogP contribution in [0.1, 0.15) is 18.2 Å². The van der Waals surface area contributed by atoms with E-state index in [4.69, 9.17) is 9.47 Å². The summed E-state index contributed by atoms with van der Waals surface area (Å²) >= 11 is 0. The minimum atomic E-state index is -0.677. The van der Waals surface area contributed by atoms with E-state index >= 15 is 0 Å². The van der Waals surface area contributed by atoms with Gasteiger partial charge in [0.2, 0.25) is 5.75 Å². The van der Waals surface area contributed by atoms with E-state index in [1.165, 1.54) is 11.7 Å². The molecule has 7 nitrogen and oxygen atoms in total. The fourth-order valence-electron chi connectivity index (χ4n) is 3.11. The van der Waals surface area contributed by atoms with Crippen LogP contribution < -0.4 is 16.0 Å². The van der Waals surface area contributed by atoms with Gasteiger partial charge in [0.1, 0.15) is 6.54 Å². The topological polar surface area (TPSA) is 90.4 Å². The Morgan fingerprint density at radius 2 is 1.85 bits per heavy atom. The second-order valence-corrected chi connectivity index (χ2v) is 5.95. The first-order valence-electron chi connectivity index (χ1n) is 8.57. The highest BCUT2D eigenvalue weighted by Gasteiger charge is 2.19. The zero-order valence-electron chi connectivity index (χ0n) is 15.2. The molecule has 2 aromatic carbocycles. The number of H-pyrrole nitrogens is 1. The van der Waals surface area contributed by atoms with Crippen molar-refractivity contribution in [2.24, 2.45) is 0 Å². The third-order valence-corrected chi connectivity index (χ3v) is 4.29. The minimum absolute atomic E-state index is 0.00633. The molecular formula is C20H20N2O5. The summed E-state index contributed by atoms with van der Waals surface area (Å²) in [6, 6.07) is 13.6. The number of aromatic nitrogens is 2. The van der Waals surface area contributed by atoms with Crippen LogP contribution in [0.15, 0.2) is 52.1 Å². The smallest absolute Gasteiger partial charge is 0.329 e. The quantitative estimate of drug-likeness (QED) is 0.671. The van der Waals surface area contributed by atoms with Crippen LogP contribution in [0.4, 0.5) is 0 Å². The average Bonchev–Trinajstić information content (AvgIpc) is 2.65. The Hall–Kier alpha value is -3.35. The van der Waals surface area contributed by atoms with Gasteiger partial charge in [-0.25, -0.2) is 4.79 Å². The number of ether oxygens (including phenoxy) is 2. The molecule has 0 aliphatic heterocycles. The largest absolute Gasteiger partial charge is 0.490 e. The van der Waals surface area contributed by atoms with Crippen LogP contribution in [-0.4, -0.2) is 29.2 Å². The molecule has 27 heavy (non-hydrogen) atoms. The Labute approximate surface area is 155 Å². The van der Waals surface area contributed by atoms with Crippen molar-refractivity contribution in [2.45, 2.75) is 19.9 Å². The van der Waals surface area contributed by atoms with Gasteiger partial charge >= 0.3 is 11.7 Å². The molecule has 0 aliphatic rings. The standard InChI is InChI=1S/C20H20N2O5/c1-3-27-17(23)12-22-16(18(26-2)19(24)21-20(22)25)11-14-9-6-8-13-7-4-5-10-15(13)14/h4-10H,3,11-12H2,1-2H3,(H,21,24,25). The monoisotopic (exact) mass is 368 g/mol. The van der Waals surface area contributed by atoms with Crippen molar-refractivity contribution < 1.29 is 14.3 Å². The van der Waals surface area contributed by atoms with Crippen molar-refractivity contribution in [2.75, 3.05) is 13.7 Å². The number of aromatic amines is 1. The number of nitrogens with zero attached hydrogens (tertiary/aromatic N) is 1. The lowest BCUT2D eigenvalue weighted by Gasteiger charge is -2.16. The van der Waals surface area contributed by atoms with Gasteiger partial charge < -0.3 is 9.47 Å². The summed E-state index contributed by atoms with van der Waals surface area (Å²) in [6.45, 7) is 1.58. The van der Waals surface area contributed by atoms with Gasteiger partial charge in [0.05, 0.1) is 19.4 Å². The van der Waals surface area contributed by atoms with E-state index in [0.29, 0.717) is 5.69 Å². The van der Waals surface area contributed by atoms with E-state index in [0.717, 1.165) is 16.3 Å². The molecule has 0 bridgehead atoms. The maximum absolute atomic E-state index is 12.4. The number of benzene rings is 2. The number of methoxy groups -OCH3 is 1. The van der Waals surface area contributed by atoms with Crippen molar-refractivity contribution >= 4 is 16.7 Å². The van der Waals surface area contributed by atoms with E-state index in [-0.39, 0.29) is 25.3 Å². The SMILES string of the molecule is CCOC(=O)Cn1c(Cc2cccc3ccccc23)c(OC)c(=O)[nH]c1=O. The maximum Gasteiger partial charge on any atom is 0.329 e. The molecule has 0 atom stereocenters. The molecule has 0 amide bonds. The fraction of sp³-hybridized carbons (Fsp3) is 0.250. The Kier molecular flexibility index (Phi) is 5.40. The van der Waals surface area contributed by atoms with Crippen LogP contribution in [0, 0.1) is 0 Å². The maximum atomic E-state index is 12.4. The lowest BCUT2D eigenvalue weighted by Crippen LogP contribution is -2.36. The van der Waals surface area contributed by atoms with Gasteiger partial charge in [-0.05, 0) is 23.3 Å². The molecule has 0 saturated heterocycles. The minimum Gasteiger partial charge on any atom is -0.490 e. The number of carbonyl (C=O) groups is 1. The summed E-state index contributed by atoms with van der Waals surface area (Å²) < 4.78 is 11.4. The number of nitrogens with one attached hydrogen (secondary N) is 1. The van der Waals surface area contributed by atoms with Crippen LogP contribution in [0.25, 0.3) is 10.8 Å². The molecule has 140 valence electrons. The third-order valence-electron chi connectivity index (χ3n) is 4.29. The molecular weight excluding hydrogens is 348 g/mol. The number of hydrogen-bond donors (Lipinski definition) is 1. The van der Waals surface area contributed by atoms with E-state index in [2.05, 4.69) is 4.98 Å². The zero-order chi connectivity index (χ0) is 19.4. The number of carbonyl (C=O) groups excluding carboxylic acids is 1. The summed E-state index contributed by atoms with van der Waals surface area (Å²) in [6.07, 6.45) is 0.253. The van der Waals surface area contributed by atoms with E-state index < -0.39 is 17.2 Å². The number of hydrogen-bond acceptors (Lipinski definition) is 5. The van der Waals surface area contributed by atoms with Gasteiger partial charge in [-0.2, -0.15) is 0 Å². The molecule has 0 saturated carbocycles. The normalized spacial score (nSPS) is 10.7. The molecule has 3 aromatic rings. The van der Waals surface area contributed by atoms with Crippen molar-refractivity contribution in [3.8, 4) is 5.75 Å². The highest BCUT2D eigenvalue weighted by atomic mass is 16.5. The molecule has 1 aromatic heterocycles. The second kappa shape index (κ2) is 7.90. The van der Waals surface area contributed by atoms with Crippen LogP contribution >= 0.6 is 0 Å². The first-order chi connectivity index (χ1) is 13.0. The molecule has 1 N–H and O–H groups in total. The van der Waals surface area contributed by atoms with Crippen LogP contribution in [0.5, 0.6) is 5.75 Å². The second-order valence-electron chi connectivity index (χ2n) is 5.95. The molecule has 0 spiro atoms. The van der Waals surface area contributed by atoms with Crippen LogP contribution in [-0.2, 0) is 22.5 Å². The lowest BCUT2D eigenvalue weighted by atomic mass is 10.0. The summed E-state index contributed by atoms with van der Waals surface area (Å²) in [5, 5.41) is 2.04. The van der Waals surface area contributed by atoms with E-state index in [9.17, 15) is 14.4 Å². The van der Waals surface area contributed by atoms with Gasteiger partial charge in [-0.15, -0.1) is 0 Å². The zero-order valence-corrected chi connectivity index (χ0v) is 15.2. The van der Waals surface area contributed by atoms with Gasteiger partial charge in [0, 0.05) is 6.42 Å². The summed E-state index contributed by atoms with van der Waals surface area (Å²) in [5.74, 6) is -0.556. The molecule has 0 radical (unpaired) electrons. The van der Waals surface area contributed by atoms with Crippen molar-refractivity contribution in [1.82, 2.24) is 9.55 Å². The number of rotatable bonds is 6. The molecule has 3 rings (SSSR count). The summed E-state index contributed by atoms with van der Waals surface area (Å²) in [7, 11) is 1.36. The molecule has 0 fully saturated rings. The molecule has 7 heteroatoms. The Morgan fingerprint density at radius 3 is 2.59 bits per heavy atom.